The van der Waals surface area contributed by atoms with E-state index in [1.54, 1.807) is 12.3 Å². The molecule has 0 aliphatic carbocycles. The molecule has 1 amide bonds. The third kappa shape index (κ3) is 3.60. The number of pyridine rings is 1. The molecule has 8 nitrogen and oxygen atoms in total. The van der Waals surface area contributed by atoms with Crippen LogP contribution in [0.1, 0.15) is 17.4 Å². The second-order valence-electron chi connectivity index (χ2n) is 4.59. The number of ether oxygens (including phenoxy) is 1. The topological polar surface area (TPSA) is 113 Å². The van der Waals surface area contributed by atoms with Gasteiger partial charge in [0, 0.05) is 25.0 Å². The number of carbonyl (C=O) groups is 1. The zero-order valence-electron chi connectivity index (χ0n) is 11.8. The fourth-order valence-electron chi connectivity index (χ4n) is 2.12. The van der Waals surface area contributed by atoms with E-state index in [-0.39, 0.29) is 11.7 Å². The molecule has 21 heavy (non-hydrogen) atoms. The summed E-state index contributed by atoms with van der Waals surface area (Å²) < 4.78 is 5.45. The molecule has 0 aromatic carbocycles. The highest BCUT2D eigenvalue weighted by molar-refractivity contribution is 5.93. The van der Waals surface area contributed by atoms with Crippen molar-refractivity contribution in [1.82, 2.24) is 10.3 Å². The molecule has 8 heteroatoms. The fraction of sp³-hybridized carbons (Fsp3) is 0.462. The van der Waals surface area contributed by atoms with Crippen molar-refractivity contribution in [2.24, 2.45) is 10.9 Å². The average Bonchev–Trinajstić information content (AvgIpc) is 2.54. The van der Waals surface area contributed by atoms with Crippen LogP contribution in [0.3, 0.4) is 0 Å². The van der Waals surface area contributed by atoms with Crippen LogP contribution in [0.5, 0.6) is 0 Å². The Kier molecular flexibility index (Phi) is 4.94. The lowest BCUT2D eigenvalue weighted by Gasteiger charge is -2.33. The first-order valence-electron chi connectivity index (χ1n) is 6.74. The van der Waals surface area contributed by atoms with Crippen molar-refractivity contribution < 1.29 is 14.7 Å². The van der Waals surface area contributed by atoms with Crippen molar-refractivity contribution in [3.63, 3.8) is 0 Å². The van der Waals surface area contributed by atoms with Gasteiger partial charge in [-0.1, -0.05) is 5.16 Å². The number of nitrogens with zero attached hydrogens (tertiary/aromatic N) is 3. The standard InChI is InChI=1S/C13H19N5O3/c1-2-15-13(19)10-7-9(3-4-16-10)18-5-6-21-11(8-18)12(14)17-20/h3-4,7,11,20H,2,5-6,8H2,1H3,(H2,14,17)(H,15,19). The fourth-order valence-corrected chi connectivity index (χ4v) is 2.12. The van der Waals surface area contributed by atoms with Gasteiger partial charge in [0.2, 0.25) is 0 Å². The van der Waals surface area contributed by atoms with Crippen molar-refractivity contribution >= 4 is 17.4 Å². The second-order valence-corrected chi connectivity index (χ2v) is 4.59. The van der Waals surface area contributed by atoms with E-state index >= 15 is 0 Å². The molecule has 2 heterocycles. The van der Waals surface area contributed by atoms with Crippen molar-refractivity contribution in [3.05, 3.63) is 24.0 Å². The first-order chi connectivity index (χ1) is 10.2. The number of amidine groups is 1. The molecule has 2 rings (SSSR count). The highest BCUT2D eigenvalue weighted by Gasteiger charge is 2.24. The van der Waals surface area contributed by atoms with Crippen molar-refractivity contribution in [3.8, 4) is 0 Å². The minimum atomic E-state index is -0.468. The monoisotopic (exact) mass is 293 g/mol. The molecule has 0 saturated carbocycles. The first-order valence-corrected chi connectivity index (χ1v) is 6.74. The number of anilines is 1. The van der Waals surface area contributed by atoms with Gasteiger partial charge in [0.15, 0.2) is 5.84 Å². The van der Waals surface area contributed by atoms with Gasteiger partial charge >= 0.3 is 0 Å². The Balaban J connectivity index is 2.14. The van der Waals surface area contributed by atoms with Gasteiger partial charge in [0.25, 0.3) is 5.91 Å². The van der Waals surface area contributed by atoms with Crippen molar-refractivity contribution in [2.75, 3.05) is 31.1 Å². The summed E-state index contributed by atoms with van der Waals surface area (Å²) in [5.41, 5.74) is 6.79. The summed E-state index contributed by atoms with van der Waals surface area (Å²) in [6.45, 7) is 3.97. The zero-order valence-corrected chi connectivity index (χ0v) is 11.8. The average molecular weight is 293 g/mol. The Hall–Kier alpha value is -2.35. The van der Waals surface area contributed by atoms with Gasteiger partial charge in [0.1, 0.15) is 11.8 Å². The molecule has 0 bridgehead atoms. The third-order valence-corrected chi connectivity index (χ3v) is 3.19. The summed E-state index contributed by atoms with van der Waals surface area (Å²) in [6, 6.07) is 3.54. The molecule has 1 fully saturated rings. The Morgan fingerprint density at radius 2 is 2.52 bits per heavy atom. The van der Waals surface area contributed by atoms with Gasteiger partial charge in [0.05, 0.1) is 13.2 Å². The number of hydrogen-bond acceptors (Lipinski definition) is 6. The number of aromatic nitrogens is 1. The number of amides is 1. The summed E-state index contributed by atoms with van der Waals surface area (Å²) in [5.74, 6) is -0.168. The Labute approximate surface area is 122 Å². The van der Waals surface area contributed by atoms with Crippen molar-refractivity contribution in [1.29, 1.82) is 0 Å². The minimum absolute atomic E-state index is 0.0395. The molecule has 1 aliphatic heterocycles. The molecule has 0 radical (unpaired) electrons. The Bertz CT molecular complexity index is 534. The zero-order chi connectivity index (χ0) is 15.2. The predicted octanol–water partition coefficient (Wildman–Crippen LogP) is -0.217. The van der Waals surface area contributed by atoms with Gasteiger partial charge in [-0.05, 0) is 19.1 Å². The summed E-state index contributed by atoms with van der Waals surface area (Å²) >= 11 is 0. The number of hydrogen-bond donors (Lipinski definition) is 3. The Morgan fingerprint density at radius 1 is 1.71 bits per heavy atom. The highest BCUT2D eigenvalue weighted by Crippen LogP contribution is 2.18. The number of morpholine rings is 1. The van der Waals surface area contributed by atoms with E-state index in [9.17, 15) is 4.79 Å². The lowest BCUT2D eigenvalue weighted by Crippen LogP contribution is -2.48. The van der Waals surface area contributed by atoms with Crippen LogP contribution in [0.15, 0.2) is 23.5 Å². The molecule has 0 spiro atoms. The molecule has 4 N–H and O–H groups in total. The summed E-state index contributed by atoms with van der Waals surface area (Å²) in [6.07, 6.45) is 1.12. The van der Waals surface area contributed by atoms with Crippen LogP contribution < -0.4 is 16.0 Å². The van der Waals surface area contributed by atoms with Crippen LogP contribution in [0.4, 0.5) is 5.69 Å². The van der Waals surface area contributed by atoms with Crippen LogP contribution in [-0.4, -0.2) is 54.3 Å². The molecule has 114 valence electrons. The smallest absolute Gasteiger partial charge is 0.269 e. The van der Waals surface area contributed by atoms with E-state index in [0.29, 0.717) is 31.9 Å². The number of nitrogens with one attached hydrogen (secondary N) is 1. The van der Waals surface area contributed by atoms with Crippen LogP contribution >= 0.6 is 0 Å². The van der Waals surface area contributed by atoms with Gasteiger partial charge in [-0.2, -0.15) is 0 Å². The van der Waals surface area contributed by atoms with E-state index in [1.807, 2.05) is 17.9 Å². The SMILES string of the molecule is CCNC(=O)c1cc(N2CCOC(C(N)=NO)C2)ccn1. The van der Waals surface area contributed by atoms with E-state index < -0.39 is 6.10 Å². The van der Waals surface area contributed by atoms with Crippen LogP contribution in [0.2, 0.25) is 0 Å². The molecule has 1 unspecified atom stereocenters. The molecule has 1 atom stereocenters. The Morgan fingerprint density at radius 3 is 3.24 bits per heavy atom. The molecule has 1 aromatic rings. The number of nitrogens with two attached hydrogens (primary N) is 1. The number of carbonyl (C=O) groups excluding carboxylic acids is 1. The van der Waals surface area contributed by atoms with Gasteiger partial charge in [-0.3, -0.25) is 9.78 Å². The molecular formula is C13H19N5O3. The largest absolute Gasteiger partial charge is 0.409 e. The lowest BCUT2D eigenvalue weighted by atomic mass is 10.2. The molecular weight excluding hydrogens is 274 g/mol. The second kappa shape index (κ2) is 6.89. The van der Waals surface area contributed by atoms with Crippen molar-refractivity contribution in [2.45, 2.75) is 13.0 Å². The normalized spacial score (nSPS) is 19.4. The van der Waals surface area contributed by atoms with Crippen LogP contribution in [0, 0.1) is 0 Å². The van der Waals surface area contributed by atoms with Gasteiger partial charge in [-0.25, -0.2) is 0 Å². The van der Waals surface area contributed by atoms with Crippen LogP contribution in [-0.2, 0) is 4.74 Å². The van der Waals surface area contributed by atoms with E-state index in [1.165, 1.54) is 0 Å². The number of rotatable bonds is 4. The minimum Gasteiger partial charge on any atom is -0.409 e. The van der Waals surface area contributed by atoms with E-state index in [2.05, 4.69) is 15.5 Å². The molecule has 1 aliphatic rings. The summed E-state index contributed by atoms with van der Waals surface area (Å²) in [5, 5.41) is 14.4. The first kappa shape index (κ1) is 15.0. The summed E-state index contributed by atoms with van der Waals surface area (Å²) in [7, 11) is 0. The van der Waals surface area contributed by atoms with Gasteiger partial charge < -0.3 is 25.9 Å². The molecule has 1 aromatic heterocycles. The van der Waals surface area contributed by atoms with Crippen LogP contribution in [0.25, 0.3) is 0 Å². The maximum absolute atomic E-state index is 11.8. The van der Waals surface area contributed by atoms with Gasteiger partial charge in [-0.15, -0.1) is 0 Å². The third-order valence-electron chi connectivity index (χ3n) is 3.19. The maximum Gasteiger partial charge on any atom is 0.269 e. The lowest BCUT2D eigenvalue weighted by molar-refractivity contribution is 0.0807. The molecule has 1 saturated heterocycles. The quantitative estimate of drug-likeness (QED) is 0.306. The summed E-state index contributed by atoms with van der Waals surface area (Å²) in [4.78, 5) is 17.9. The van der Waals surface area contributed by atoms with E-state index in [0.717, 1.165) is 5.69 Å². The maximum atomic E-state index is 11.8. The number of oxime groups is 1. The predicted molar refractivity (Wildman–Crippen MR) is 77.6 cm³/mol. The van der Waals surface area contributed by atoms with E-state index in [4.69, 9.17) is 15.7 Å². The highest BCUT2D eigenvalue weighted by atomic mass is 16.5.